The van der Waals surface area contributed by atoms with Gasteiger partial charge in [-0.1, -0.05) is 25.7 Å². The fourth-order valence-electron chi connectivity index (χ4n) is 3.42. The SMILES string of the molecule is CC(=O)[C@@H](NC(=O)[C@@H]1CCCCN1I)C1CCCCC1. The minimum Gasteiger partial charge on any atom is -0.345 e. The number of carbonyl (C=O) groups excluding carboxylic acids is 2. The van der Waals surface area contributed by atoms with Crippen LogP contribution in [0.25, 0.3) is 0 Å². The molecular weight excluding hydrogens is 367 g/mol. The predicted molar refractivity (Wildman–Crippen MR) is 87.6 cm³/mol. The van der Waals surface area contributed by atoms with Crippen LogP contribution in [-0.2, 0) is 9.59 Å². The van der Waals surface area contributed by atoms with Crippen molar-refractivity contribution < 1.29 is 9.59 Å². The van der Waals surface area contributed by atoms with Crippen LogP contribution in [0.15, 0.2) is 0 Å². The van der Waals surface area contributed by atoms with Gasteiger partial charge in [0.15, 0.2) is 5.78 Å². The Hall–Kier alpha value is -0.170. The molecule has 2 fully saturated rings. The Morgan fingerprint density at radius 3 is 2.35 bits per heavy atom. The van der Waals surface area contributed by atoms with Gasteiger partial charge in [-0.15, -0.1) is 0 Å². The van der Waals surface area contributed by atoms with E-state index in [1.54, 1.807) is 6.92 Å². The van der Waals surface area contributed by atoms with Gasteiger partial charge >= 0.3 is 0 Å². The van der Waals surface area contributed by atoms with Crippen LogP contribution >= 0.6 is 22.9 Å². The molecule has 1 aliphatic heterocycles. The van der Waals surface area contributed by atoms with E-state index in [4.69, 9.17) is 0 Å². The molecule has 0 aromatic rings. The lowest BCUT2D eigenvalue weighted by Gasteiger charge is -2.33. The Bertz CT molecular complexity index is 356. The summed E-state index contributed by atoms with van der Waals surface area (Å²) in [6, 6.07) is -0.329. The molecule has 0 radical (unpaired) electrons. The summed E-state index contributed by atoms with van der Waals surface area (Å²) in [5.41, 5.74) is 0. The molecule has 0 aromatic heterocycles. The number of rotatable bonds is 4. The van der Waals surface area contributed by atoms with E-state index in [-0.39, 0.29) is 23.8 Å². The van der Waals surface area contributed by atoms with Crippen molar-refractivity contribution in [1.82, 2.24) is 8.43 Å². The molecule has 0 spiro atoms. The summed E-state index contributed by atoms with van der Waals surface area (Å²) >= 11 is 2.24. The molecule has 2 rings (SSSR count). The molecule has 114 valence electrons. The average Bonchev–Trinajstić information content (AvgIpc) is 2.45. The van der Waals surface area contributed by atoms with E-state index in [0.717, 1.165) is 38.6 Å². The van der Waals surface area contributed by atoms with Crippen LogP contribution < -0.4 is 5.32 Å². The lowest BCUT2D eigenvalue weighted by molar-refractivity contribution is -0.131. The second-order valence-corrected chi connectivity index (χ2v) is 7.37. The smallest absolute Gasteiger partial charge is 0.238 e. The van der Waals surface area contributed by atoms with Gasteiger partial charge in [-0.25, -0.2) is 3.11 Å². The topological polar surface area (TPSA) is 49.4 Å². The molecule has 0 bridgehead atoms. The van der Waals surface area contributed by atoms with Gasteiger partial charge < -0.3 is 5.32 Å². The van der Waals surface area contributed by atoms with Crippen molar-refractivity contribution in [2.24, 2.45) is 5.92 Å². The maximum atomic E-state index is 12.5. The molecule has 1 saturated carbocycles. The number of halogens is 1. The first-order chi connectivity index (χ1) is 9.59. The molecule has 1 saturated heterocycles. The molecule has 0 aromatic carbocycles. The van der Waals surface area contributed by atoms with Crippen LogP contribution in [0.4, 0.5) is 0 Å². The Morgan fingerprint density at radius 2 is 1.75 bits per heavy atom. The fraction of sp³-hybridized carbons (Fsp3) is 0.867. The largest absolute Gasteiger partial charge is 0.345 e. The van der Waals surface area contributed by atoms with Gasteiger partial charge in [0.1, 0.15) is 0 Å². The maximum absolute atomic E-state index is 12.5. The second kappa shape index (κ2) is 7.73. The van der Waals surface area contributed by atoms with Gasteiger partial charge in [0, 0.05) is 29.4 Å². The van der Waals surface area contributed by atoms with E-state index in [1.807, 2.05) is 0 Å². The summed E-state index contributed by atoms with van der Waals surface area (Å²) in [5.74, 6) is 0.502. The number of piperidine rings is 1. The van der Waals surface area contributed by atoms with E-state index in [9.17, 15) is 9.59 Å². The summed E-state index contributed by atoms with van der Waals surface area (Å²) in [5, 5.41) is 3.05. The number of amides is 1. The molecule has 2 atom stereocenters. The molecule has 1 heterocycles. The van der Waals surface area contributed by atoms with E-state index in [1.165, 1.54) is 19.3 Å². The first-order valence-electron chi connectivity index (χ1n) is 7.83. The Balaban J connectivity index is 1.96. The van der Waals surface area contributed by atoms with Gasteiger partial charge in [0.05, 0.1) is 12.1 Å². The average molecular weight is 392 g/mol. The van der Waals surface area contributed by atoms with E-state index < -0.39 is 0 Å². The predicted octanol–water partition coefficient (Wildman–Crippen LogP) is 2.85. The zero-order valence-electron chi connectivity index (χ0n) is 12.2. The number of nitrogens with zero attached hydrogens (tertiary/aromatic N) is 1. The van der Waals surface area contributed by atoms with Crippen LogP contribution in [0.3, 0.4) is 0 Å². The van der Waals surface area contributed by atoms with E-state index in [0.29, 0.717) is 5.92 Å². The monoisotopic (exact) mass is 392 g/mol. The highest BCUT2D eigenvalue weighted by molar-refractivity contribution is 14.1. The van der Waals surface area contributed by atoms with Gasteiger partial charge in [-0.05, 0) is 38.5 Å². The van der Waals surface area contributed by atoms with Crippen molar-refractivity contribution in [3.05, 3.63) is 0 Å². The third-order valence-corrected chi connectivity index (χ3v) is 5.75. The first kappa shape index (κ1) is 16.2. The summed E-state index contributed by atoms with van der Waals surface area (Å²) in [7, 11) is 0. The number of hydrogen-bond donors (Lipinski definition) is 1. The van der Waals surface area contributed by atoms with Crippen LogP contribution in [0.2, 0.25) is 0 Å². The van der Waals surface area contributed by atoms with Gasteiger partial charge in [-0.3, -0.25) is 9.59 Å². The standard InChI is InChI=1S/C15H25IN2O2/c1-11(19)14(12-7-3-2-4-8-12)17-15(20)13-9-5-6-10-18(13)16/h12-14H,2-10H2,1H3,(H,17,20)/t13-,14+/m0/s1. The number of hydrogen-bond acceptors (Lipinski definition) is 3. The van der Waals surface area contributed by atoms with Crippen molar-refractivity contribution in [2.75, 3.05) is 6.54 Å². The van der Waals surface area contributed by atoms with Crippen LogP contribution in [-0.4, -0.2) is 33.4 Å². The number of carbonyl (C=O) groups is 2. The molecule has 0 unspecified atom stereocenters. The first-order valence-corrected chi connectivity index (χ1v) is 8.79. The molecule has 20 heavy (non-hydrogen) atoms. The summed E-state index contributed by atoms with van der Waals surface area (Å²) < 4.78 is 2.09. The van der Waals surface area contributed by atoms with Crippen LogP contribution in [0, 0.1) is 5.92 Å². The van der Waals surface area contributed by atoms with Crippen molar-refractivity contribution in [2.45, 2.75) is 70.4 Å². The number of ketones is 1. The Morgan fingerprint density at radius 1 is 1.10 bits per heavy atom. The van der Waals surface area contributed by atoms with Crippen LogP contribution in [0.1, 0.15) is 58.3 Å². The van der Waals surface area contributed by atoms with Gasteiger partial charge in [0.2, 0.25) is 5.91 Å². The van der Waals surface area contributed by atoms with E-state index in [2.05, 4.69) is 31.3 Å². The summed E-state index contributed by atoms with van der Waals surface area (Å²) in [4.78, 5) is 24.4. The van der Waals surface area contributed by atoms with Gasteiger partial charge in [-0.2, -0.15) is 0 Å². The highest BCUT2D eigenvalue weighted by Gasteiger charge is 2.33. The Labute approximate surface area is 135 Å². The molecule has 1 amide bonds. The lowest BCUT2D eigenvalue weighted by Crippen LogP contribution is -2.52. The molecule has 2 aliphatic rings. The Kier molecular flexibility index (Phi) is 6.26. The minimum absolute atomic E-state index is 0.0462. The van der Waals surface area contributed by atoms with Crippen LogP contribution in [0.5, 0.6) is 0 Å². The second-order valence-electron chi connectivity index (χ2n) is 6.13. The quantitative estimate of drug-likeness (QED) is 0.591. The van der Waals surface area contributed by atoms with E-state index >= 15 is 0 Å². The molecule has 5 heteroatoms. The minimum atomic E-state index is -0.269. The lowest BCUT2D eigenvalue weighted by atomic mass is 9.82. The van der Waals surface area contributed by atoms with Crippen molar-refractivity contribution in [3.8, 4) is 0 Å². The highest BCUT2D eigenvalue weighted by Crippen LogP contribution is 2.27. The van der Waals surface area contributed by atoms with Crippen molar-refractivity contribution in [1.29, 1.82) is 0 Å². The van der Waals surface area contributed by atoms with Gasteiger partial charge in [0.25, 0.3) is 0 Å². The zero-order chi connectivity index (χ0) is 14.5. The normalized spacial score (nSPS) is 27.0. The summed E-state index contributed by atoms with van der Waals surface area (Å²) in [6.45, 7) is 2.58. The molecule has 1 aliphatic carbocycles. The summed E-state index contributed by atoms with van der Waals surface area (Å²) in [6.07, 6.45) is 8.95. The molecular formula is C15H25IN2O2. The molecule has 4 nitrogen and oxygen atoms in total. The number of Topliss-reactive ketones (excluding diaryl/α,β-unsaturated/α-hetero) is 1. The fourth-order valence-corrected chi connectivity index (χ4v) is 4.30. The zero-order valence-corrected chi connectivity index (χ0v) is 14.4. The third kappa shape index (κ3) is 4.16. The van der Waals surface area contributed by atoms with Crippen molar-refractivity contribution in [3.63, 3.8) is 0 Å². The highest BCUT2D eigenvalue weighted by atomic mass is 127. The third-order valence-electron chi connectivity index (χ3n) is 4.60. The number of nitrogens with one attached hydrogen (secondary N) is 1. The van der Waals surface area contributed by atoms with Crippen molar-refractivity contribution >= 4 is 34.6 Å². The maximum Gasteiger partial charge on any atom is 0.238 e. The molecule has 1 N–H and O–H groups in total.